The minimum absolute atomic E-state index is 0.0259. The number of amides is 1. The summed E-state index contributed by atoms with van der Waals surface area (Å²) in [6, 6.07) is 9.22. The first-order chi connectivity index (χ1) is 9.79. The van der Waals surface area contributed by atoms with Gasteiger partial charge < -0.3 is 15.2 Å². The number of rotatable bonds is 6. The monoisotopic (exact) mass is 277 g/mol. The molecule has 0 spiro atoms. The van der Waals surface area contributed by atoms with Gasteiger partial charge >= 0.3 is 0 Å². The van der Waals surface area contributed by atoms with Crippen molar-refractivity contribution in [3.63, 3.8) is 0 Å². The lowest BCUT2D eigenvalue weighted by Crippen LogP contribution is -2.31. The third-order valence-electron chi connectivity index (χ3n) is 3.69. The maximum absolute atomic E-state index is 12.0. The molecule has 20 heavy (non-hydrogen) atoms. The number of benzene rings is 1. The number of aliphatic hydroxyl groups excluding tert-OH is 1. The van der Waals surface area contributed by atoms with E-state index in [1.807, 2.05) is 30.3 Å². The number of carbonyl (C=O) groups excluding carboxylic acids is 1. The molecule has 1 aliphatic heterocycles. The van der Waals surface area contributed by atoms with E-state index < -0.39 is 0 Å². The summed E-state index contributed by atoms with van der Waals surface area (Å²) in [6.07, 6.45) is 4.81. The Morgan fingerprint density at radius 3 is 2.80 bits per heavy atom. The van der Waals surface area contributed by atoms with E-state index in [0.29, 0.717) is 6.42 Å². The zero-order valence-corrected chi connectivity index (χ0v) is 11.8. The van der Waals surface area contributed by atoms with Gasteiger partial charge in [0, 0.05) is 13.0 Å². The highest BCUT2D eigenvalue weighted by atomic mass is 16.5. The predicted molar refractivity (Wildman–Crippen MR) is 77.2 cm³/mol. The topological polar surface area (TPSA) is 58.6 Å². The molecule has 4 nitrogen and oxygen atoms in total. The maximum atomic E-state index is 12.0. The van der Waals surface area contributed by atoms with Crippen LogP contribution in [0.4, 0.5) is 0 Å². The first-order valence-electron chi connectivity index (χ1n) is 7.36. The molecule has 0 aliphatic carbocycles. The molecule has 1 heterocycles. The smallest absolute Gasteiger partial charge is 0.220 e. The normalized spacial score (nSPS) is 20.4. The van der Waals surface area contributed by atoms with Crippen molar-refractivity contribution in [1.82, 2.24) is 5.32 Å². The van der Waals surface area contributed by atoms with E-state index in [4.69, 9.17) is 4.74 Å². The Morgan fingerprint density at radius 2 is 2.15 bits per heavy atom. The molecule has 2 atom stereocenters. The fourth-order valence-corrected chi connectivity index (χ4v) is 2.51. The third-order valence-corrected chi connectivity index (χ3v) is 3.69. The lowest BCUT2D eigenvalue weighted by molar-refractivity contribution is -0.123. The molecule has 2 unspecified atom stereocenters. The van der Waals surface area contributed by atoms with Gasteiger partial charge in [0.1, 0.15) is 0 Å². The van der Waals surface area contributed by atoms with Gasteiger partial charge in [-0.3, -0.25) is 4.79 Å². The van der Waals surface area contributed by atoms with Crippen molar-refractivity contribution < 1.29 is 14.6 Å². The quantitative estimate of drug-likeness (QED) is 0.838. The Balaban J connectivity index is 1.77. The van der Waals surface area contributed by atoms with Crippen molar-refractivity contribution in [3.05, 3.63) is 35.9 Å². The standard InChI is InChI=1S/C16H23NO3/c18-12-15(13-6-2-1-3-7-13)17-16(19)10-9-14-8-4-5-11-20-14/h1-3,6-7,14-15,18H,4-5,8-12H2,(H,17,19). The Bertz CT molecular complexity index is 401. The van der Waals surface area contributed by atoms with Crippen LogP contribution in [-0.4, -0.2) is 30.3 Å². The molecule has 4 heteroatoms. The molecule has 1 aromatic carbocycles. The van der Waals surface area contributed by atoms with E-state index in [1.54, 1.807) is 0 Å². The van der Waals surface area contributed by atoms with Gasteiger partial charge in [-0.15, -0.1) is 0 Å². The summed E-state index contributed by atoms with van der Waals surface area (Å²) in [7, 11) is 0. The van der Waals surface area contributed by atoms with Crippen LogP contribution >= 0.6 is 0 Å². The van der Waals surface area contributed by atoms with Crippen LogP contribution < -0.4 is 5.32 Å². The van der Waals surface area contributed by atoms with E-state index in [2.05, 4.69) is 5.32 Å². The van der Waals surface area contributed by atoms with Crippen LogP contribution in [0.25, 0.3) is 0 Å². The first kappa shape index (κ1) is 15.0. The second kappa shape index (κ2) is 8.02. The number of ether oxygens (including phenoxy) is 1. The molecule has 2 N–H and O–H groups in total. The highest BCUT2D eigenvalue weighted by molar-refractivity contribution is 5.76. The molecular formula is C16H23NO3. The lowest BCUT2D eigenvalue weighted by Gasteiger charge is -2.23. The number of nitrogens with one attached hydrogen (secondary N) is 1. The minimum atomic E-state index is -0.323. The number of carbonyl (C=O) groups is 1. The first-order valence-corrected chi connectivity index (χ1v) is 7.36. The second-order valence-electron chi connectivity index (χ2n) is 5.24. The van der Waals surface area contributed by atoms with Crippen molar-refractivity contribution in [3.8, 4) is 0 Å². The zero-order valence-electron chi connectivity index (χ0n) is 11.8. The minimum Gasteiger partial charge on any atom is -0.394 e. The van der Waals surface area contributed by atoms with Crippen LogP contribution in [0, 0.1) is 0 Å². The van der Waals surface area contributed by atoms with Crippen molar-refractivity contribution in [2.45, 2.75) is 44.2 Å². The largest absolute Gasteiger partial charge is 0.394 e. The molecule has 1 amide bonds. The van der Waals surface area contributed by atoms with Crippen molar-refractivity contribution in [1.29, 1.82) is 0 Å². The Morgan fingerprint density at radius 1 is 1.35 bits per heavy atom. The summed E-state index contributed by atoms with van der Waals surface area (Å²) in [4.78, 5) is 12.0. The molecule has 0 bridgehead atoms. The molecule has 2 rings (SSSR count). The summed E-state index contributed by atoms with van der Waals surface area (Å²) >= 11 is 0. The molecule has 1 fully saturated rings. The van der Waals surface area contributed by atoms with Crippen molar-refractivity contribution >= 4 is 5.91 Å². The fraction of sp³-hybridized carbons (Fsp3) is 0.562. The molecule has 0 saturated carbocycles. The molecule has 1 aliphatic rings. The molecule has 1 saturated heterocycles. The third kappa shape index (κ3) is 4.62. The molecule has 0 aromatic heterocycles. The highest BCUT2D eigenvalue weighted by Crippen LogP contribution is 2.17. The Labute approximate surface area is 120 Å². The number of hydrogen-bond acceptors (Lipinski definition) is 3. The summed E-state index contributed by atoms with van der Waals surface area (Å²) in [6.45, 7) is 0.727. The van der Waals surface area contributed by atoms with Crippen LogP contribution in [0.15, 0.2) is 30.3 Å². The van der Waals surface area contributed by atoms with Gasteiger partial charge in [-0.1, -0.05) is 30.3 Å². The van der Waals surface area contributed by atoms with Crippen LogP contribution in [0.2, 0.25) is 0 Å². The van der Waals surface area contributed by atoms with Crippen LogP contribution in [0.5, 0.6) is 0 Å². The van der Waals surface area contributed by atoms with Crippen LogP contribution in [0.1, 0.15) is 43.7 Å². The SMILES string of the molecule is O=C(CCC1CCCCO1)NC(CO)c1ccccc1. The Kier molecular flexibility index (Phi) is 6.02. The van der Waals surface area contributed by atoms with Gasteiger partial charge in [-0.25, -0.2) is 0 Å². The van der Waals surface area contributed by atoms with Crippen LogP contribution in [0.3, 0.4) is 0 Å². The van der Waals surface area contributed by atoms with Crippen molar-refractivity contribution in [2.75, 3.05) is 13.2 Å². The molecular weight excluding hydrogens is 254 g/mol. The summed E-state index contributed by atoms with van der Waals surface area (Å²) in [5.74, 6) is -0.0259. The van der Waals surface area contributed by atoms with Crippen molar-refractivity contribution in [2.24, 2.45) is 0 Å². The van der Waals surface area contributed by atoms with Gasteiger partial charge in [0.25, 0.3) is 0 Å². The van der Waals surface area contributed by atoms with Gasteiger partial charge in [0.05, 0.1) is 18.8 Å². The van der Waals surface area contributed by atoms with E-state index in [1.165, 1.54) is 6.42 Å². The van der Waals surface area contributed by atoms with Gasteiger partial charge in [0.15, 0.2) is 0 Å². The van der Waals surface area contributed by atoms with E-state index in [-0.39, 0.29) is 24.7 Å². The van der Waals surface area contributed by atoms with Gasteiger partial charge in [0.2, 0.25) is 5.91 Å². The van der Waals surface area contributed by atoms with E-state index >= 15 is 0 Å². The Hall–Kier alpha value is -1.39. The average molecular weight is 277 g/mol. The summed E-state index contributed by atoms with van der Waals surface area (Å²) in [5, 5.41) is 12.3. The van der Waals surface area contributed by atoms with E-state index in [0.717, 1.165) is 31.4 Å². The average Bonchev–Trinajstić information content (AvgIpc) is 2.52. The van der Waals surface area contributed by atoms with Gasteiger partial charge in [-0.2, -0.15) is 0 Å². The van der Waals surface area contributed by atoms with E-state index in [9.17, 15) is 9.90 Å². The number of hydrogen-bond donors (Lipinski definition) is 2. The van der Waals surface area contributed by atoms with Crippen LogP contribution in [-0.2, 0) is 9.53 Å². The molecule has 110 valence electrons. The maximum Gasteiger partial charge on any atom is 0.220 e. The van der Waals surface area contributed by atoms with Gasteiger partial charge in [-0.05, 0) is 31.2 Å². The second-order valence-corrected chi connectivity index (χ2v) is 5.24. The highest BCUT2D eigenvalue weighted by Gasteiger charge is 2.17. The number of aliphatic hydroxyl groups is 1. The molecule has 1 aromatic rings. The zero-order chi connectivity index (χ0) is 14.2. The summed E-state index contributed by atoms with van der Waals surface area (Å²) < 4.78 is 5.61. The lowest BCUT2D eigenvalue weighted by atomic mass is 10.0. The molecule has 0 radical (unpaired) electrons. The fourth-order valence-electron chi connectivity index (χ4n) is 2.51. The predicted octanol–water partition coefficient (Wildman–Crippen LogP) is 2.19. The summed E-state index contributed by atoms with van der Waals surface area (Å²) in [5.41, 5.74) is 0.928.